The molecule has 0 spiro atoms. The third-order valence-corrected chi connectivity index (χ3v) is 5.39. The summed E-state index contributed by atoms with van der Waals surface area (Å²) >= 11 is 6.06. The van der Waals surface area contributed by atoms with Crippen LogP contribution in [0.3, 0.4) is 0 Å². The number of carboxylic acids is 1. The molecule has 0 aliphatic rings. The van der Waals surface area contributed by atoms with Gasteiger partial charge in [0.25, 0.3) is 0 Å². The van der Waals surface area contributed by atoms with Gasteiger partial charge in [-0.25, -0.2) is 17.6 Å². The third-order valence-electron chi connectivity index (χ3n) is 3.80. The Morgan fingerprint density at radius 3 is 2.36 bits per heavy atom. The van der Waals surface area contributed by atoms with Crippen LogP contribution in [0.5, 0.6) is 0 Å². The molecule has 0 fully saturated rings. The number of anilines is 1. The molecule has 0 radical (unpaired) electrons. The molecule has 0 bridgehead atoms. The van der Waals surface area contributed by atoms with E-state index in [1.165, 1.54) is 12.1 Å². The smallest absolute Gasteiger partial charge is 0.327 e. The van der Waals surface area contributed by atoms with Crippen LogP contribution in [0.1, 0.15) is 11.1 Å². The number of rotatable bonds is 6. The van der Waals surface area contributed by atoms with E-state index in [0.717, 1.165) is 22.7 Å². The van der Waals surface area contributed by atoms with E-state index in [2.05, 4.69) is 0 Å². The van der Waals surface area contributed by atoms with E-state index in [4.69, 9.17) is 11.6 Å². The molecule has 0 aliphatic carbocycles. The Bertz CT molecular complexity index is 884. The van der Waals surface area contributed by atoms with E-state index in [1.54, 1.807) is 25.1 Å². The molecular formula is C17H17ClFNO4S. The van der Waals surface area contributed by atoms with Gasteiger partial charge >= 0.3 is 5.97 Å². The lowest BCUT2D eigenvalue weighted by atomic mass is 10.0. The van der Waals surface area contributed by atoms with Crippen LogP contribution >= 0.6 is 11.6 Å². The second-order valence-corrected chi connectivity index (χ2v) is 7.88. The monoisotopic (exact) mass is 385 g/mol. The maximum Gasteiger partial charge on any atom is 0.327 e. The van der Waals surface area contributed by atoms with Crippen molar-refractivity contribution in [2.45, 2.75) is 19.4 Å². The van der Waals surface area contributed by atoms with Gasteiger partial charge in [-0.2, -0.15) is 0 Å². The van der Waals surface area contributed by atoms with E-state index in [9.17, 15) is 22.7 Å². The van der Waals surface area contributed by atoms with Crippen LogP contribution in [-0.4, -0.2) is 31.8 Å². The highest BCUT2D eigenvalue weighted by atomic mass is 35.5. The summed E-state index contributed by atoms with van der Waals surface area (Å²) in [6.45, 7) is 1.74. The van der Waals surface area contributed by atoms with Gasteiger partial charge in [-0.15, -0.1) is 0 Å². The van der Waals surface area contributed by atoms with Crippen LogP contribution < -0.4 is 4.31 Å². The highest BCUT2D eigenvalue weighted by molar-refractivity contribution is 7.92. The van der Waals surface area contributed by atoms with Gasteiger partial charge in [-0.05, 0) is 48.4 Å². The molecule has 0 amide bonds. The van der Waals surface area contributed by atoms with E-state index in [1.807, 2.05) is 0 Å². The van der Waals surface area contributed by atoms with Crippen molar-refractivity contribution in [2.24, 2.45) is 0 Å². The molecule has 8 heteroatoms. The minimum absolute atomic E-state index is 0.0772. The van der Waals surface area contributed by atoms with Crippen molar-refractivity contribution in [1.29, 1.82) is 0 Å². The summed E-state index contributed by atoms with van der Waals surface area (Å²) in [4.78, 5) is 11.8. The van der Waals surface area contributed by atoms with Crippen molar-refractivity contribution in [3.8, 4) is 0 Å². The van der Waals surface area contributed by atoms with E-state index < -0.39 is 27.9 Å². The maximum atomic E-state index is 13.2. The molecule has 0 aromatic heterocycles. The van der Waals surface area contributed by atoms with Gasteiger partial charge in [-0.3, -0.25) is 4.31 Å². The zero-order valence-electron chi connectivity index (χ0n) is 13.6. The van der Waals surface area contributed by atoms with Crippen LogP contribution in [0, 0.1) is 12.7 Å². The molecule has 0 saturated carbocycles. The van der Waals surface area contributed by atoms with Crippen molar-refractivity contribution in [3.63, 3.8) is 0 Å². The van der Waals surface area contributed by atoms with Gasteiger partial charge in [-0.1, -0.05) is 23.7 Å². The Labute approximate surface area is 150 Å². The zero-order valence-corrected chi connectivity index (χ0v) is 15.2. The Hall–Kier alpha value is -2.12. The lowest BCUT2D eigenvalue weighted by molar-refractivity contribution is -0.138. The number of carbonyl (C=O) groups is 1. The van der Waals surface area contributed by atoms with E-state index in [-0.39, 0.29) is 12.1 Å². The van der Waals surface area contributed by atoms with Crippen molar-refractivity contribution in [1.82, 2.24) is 0 Å². The zero-order chi connectivity index (χ0) is 18.8. The number of halogens is 2. The van der Waals surface area contributed by atoms with Gasteiger partial charge in [0.2, 0.25) is 10.0 Å². The highest BCUT2D eigenvalue weighted by Gasteiger charge is 2.33. The summed E-state index contributed by atoms with van der Waals surface area (Å²) in [6.07, 6.45) is 0.837. The van der Waals surface area contributed by atoms with E-state index >= 15 is 0 Å². The minimum atomic E-state index is -3.92. The number of benzene rings is 2. The largest absolute Gasteiger partial charge is 0.480 e. The lowest BCUT2D eigenvalue weighted by Gasteiger charge is -2.29. The predicted molar refractivity (Wildman–Crippen MR) is 95.0 cm³/mol. The Morgan fingerprint density at radius 2 is 1.84 bits per heavy atom. The number of hydrogen-bond acceptors (Lipinski definition) is 3. The van der Waals surface area contributed by atoms with Gasteiger partial charge in [0.1, 0.15) is 11.9 Å². The SMILES string of the molecule is Cc1c(Cl)cccc1C[C@H](C(=O)O)N(c1ccc(F)cc1)S(C)(=O)=O. The number of hydrogen-bond donors (Lipinski definition) is 1. The average Bonchev–Trinajstić information content (AvgIpc) is 2.51. The summed E-state index contributed by atoms with van der Waals surface area (Å²) in [6, 6.07) is 8.28. The second-order valence-electron chi connectivity index (χ2n) is 5.62. The molecule has 0 heterocycles. The summed E-state index contributed by atoms with van der Waals surface area (Å²) in [5, 5.41) is 10.1. The van der Waals surface area contributed by atoms with Gasteiger partial charge < -0.3 is 5.11 Å². The molecule has 0 saturated heterocycles. The number of nitrogens with zero attached hydrogens (tertiary/aromatic N) is 1. The average molecular weight is 386 g/mol. The first-order valence-electron chi connectivity index (χ1n) is 7.33. The first-order valence-corrected chi connectivity index (χ1v) is 9.55. The number of aliphatic carboxylic acids is 1. The molecule has 25 heavy (non-hydrogen) atoms. The fourth-order valence-electron chi connectivity index (χ4n) is 2.54. The number of sulfonamides is 1. The third kappa shape index (κ3) is 4.49. The Morgan fingerprint density at radius 1 is 1.24 bits per heavy atom. The normalized spacial score (nSPS) is 12.6. The molecule has 2 aromatic rings. The fourth-order valence-corrected chi connectivity index (χ4v) is 3.87. The summed E-state index contributed by atoms with van der Waals surface area (Å²) in [7, 11) is -3.92. The molecule has 1 N–H and O–H groups in total. The number of carboxylic acid groups (broad SMARTS) is 1. The molecule has 0 unspecified atom stereocenters. The molecule has 5 nitrogen and oxygen atoms in total. The topological polar surface area (TPSA) is 74.7 Å². The Kier molecular flexibility index (Phi) is 5.69. The lowest BCUT2D eigenvalue weighted by Crippen LogP contribution is -2.46. The maximum absolute atomic E-state index is 13.2. The summed E-state index contributed by atoms with van der Waals surface area (Å²) in [5.41, 5.74) is 1.38. The first kappa shape index (κ1) is 19.2. The molecule has 134 valence electrons. The molecule has 2 rings (SSSR count). The van der Waals surface area contributed by atoms with Crippen LogP contribution in [0.15, 0.2) is 42.5 Å². The van der Waals surface area contributed by atoms with Crippen LogP contribution in [-0.2, 0) is 21.2 Å². The van der Waals surface area contributed by atoms with Crippen LogP contribution in [0.2, 0.25) is 5.02 Å². The molecule has 1 atom stereocenters. The predicted octanol–water partition coefficient (Wildman–Crippen LogP) is 3.25. The minimum Gasteiger partial charge on any atom is -0.480 e. The van der Waals surface area contributed by atoms with Gasteiger partial charge in [0.05, 0.1) is 11.9 Å². The standard InChI is InChI=1S/C17H17ClFNO4S/c1-11-12(4-3-5-15(11)18)10-16(17(21)22)20(25(2,23)24)14-8-6-13(19)7-9-14/h3-9,16H,10H2,1-2H3,(H,21,22)/t16-/m1/s1. The van der Waals surface area contributed by atoms with Crippen molar-refractivity contribution < 1.29 is 22.7 Å². The fraction of sp³-hybridized carbons (Fsp3) is 0.235. The summed E-state index contributed by atoms with van der Waals surface area (Å²) in [5.74, 6) is -1.86. The van der Waals surface area contributed by atoms with Crippen molar-refractivity contribution in [3.05, 3.63) is 64.4 Å². The molecular weight excluding hydrogens is 369 g/mol. The Balaban J connectivity index is 2.52. The molecule has 0 aliphatic heterocycles. The van der Waals surface area contributed by atoms with Crippen molar-refractivity contribution in [2.75, 3.05) is 10.6 Å². The van der Waals surface area contributed by atoms with Crippen LogP contribution in [0.25, 0.3) is 0 Å². The van der Waals surface area contributed by atoms with Crippen LogP contribution in [0.4, 0.5) is 10.1 Å². The quantitative estimate of drug-likeness (QED) is 0.828. The van der Waals surface area contributed by atoms with Gasteiger partial charge in [0.15, 0.2) is 0 Å². The van der Waals surface area contributed by atoms with Gasteiger partial charge in [0, 0.05) is 11.4 Å². The molecule has 2 aromatic carbocycles. The van der Waals surface area contributed by atoms with Crippen molar-refractivity contribution >= 4 is 33.3 Å². The van der Waals surface area contributed by atoms with E-state index in [0.29, 0.717) is 16.1 Å². The summed E-state index contributed by atoms with van der Waals surface area (Å²) < 4.78 is 38.4. The first-order chi connectivity index (χ1) is 11.6. The second kappa shape index (κ2) is 7.41. The highest BCUT2D eigenvalue weighted by Crippen LogP contribution is 2.26.